The number of rotatable bonds is 2. The fourth-order valence-electron chi connectivity index (χ4n) is 3.18. The van der Waals surface area contributed by atoms with E-state index in [1.165, 1.54) is 17.4 Å². The Kier molecular flexibility index (Phi) is 3.47. The van der Waals surface area contributed by atoms with Crippen LogP contribution in [-0.4, -0.2) is 25.3 Å². The molecule has 1 aliphatic heterocycles. The third-order valence-corrected chi connectivity index (χ3v) is 6.79. The summed E-state index contributed by atoms with van der Waals surface area (Å²) in [4.78, 5) is 12.9. The molecule has 6 nitrogen and oxygen atoms in total. The molecule has 2 N–H and O–H groups in total. The predicted molar refractivity (Wildman–Crippen MR) is 91.7 cm³/mol. The second kappa shape index (κ2) is 5.42. The summed E-state index contributed by atoms with van der Waals surface area (Å²) in [5, 5.41) is 13.0. The Morgan fingerprint density at radius 3 is 2.75 bits per heavy atom. The van der Waals surface area contributed by atoms with Crippen molar-refractivity contribution >= 4 is 38.2 Å². The van der Waals surface area contributed by atoms with Crippen LogP contribution in [0.25, 0.3) is 0 Å². The van der Waals surface area contributed by atoms with Crippen molar-refractivity contribution in [3.05, 3.63) is 45.8 Å². The van der Waals surface area contributed by atoms with Crippen LogP contribution in [0, 0.1) is 0 Å². The number of benzene rings is 1. The lowest BCUT2D eigenvalue weighted by Gasteiger charge is -2.10. The Morgan fingerprint density at radius 1 is 1.21 bits per heavy atom. The number of aromatic carboxylic acids is 1. The molecule has 0 amide bonds. The molecule has 2 heterocycles. The van der Waals surface area contributed by atoms with Gasteiger partial charge in [-0.3, -0.25) is 0 Å². The van der Waals surface area contributed by atoms with E-state index < -0.39 is 16.0 Å². The van der Waals surface area contributed by atoms with Crippen molar-refractivity contribution in [2.75, 3.05) is 5.32 Å². The minimum Gasteiger partial charge on any atom is -0.478 e. The lowest BCUT2D eigenvalue weighted by Crippen LogP contribution is -2.13. The van der Waals surface area contributed by atoms with E-state index in [0.29, 0.717) is 10.6 Å². The standard InChI is InChI=1S/C16H14N2O4S2/c19-16(20)13-9-5-1-3-7-11(9)23-15(13)17-14-10-6-2-4-8-12(10)24(21,22)18-14/h2,4,6,8H,1,3,5,7H2,(H,17,18)(H,19,20). The number of hydrogen-bond acceptors (Lipinski definition) is 5. The lowest BCUT2D eigenvalue weighted by molar-refractivity contribution is 0.0697. The fraction of sp³-hybridized carbons (Fsp3) is 0.250. The van der Waals surface area contributed by atoms with Gasteiger partial charge in [-0.2, -0.15) is 8.42 Å². The molecule has 2 aliphatic rings. The highest BCUT2D eigenvalue weighted by atomic mass is 32.2. The van der Waals surface area contributed by atoms with Crippen molar-refractivity contribution in [3.63, 3.8) is 0 Å². The molecule has 0 radical (unpaired) electrons. The molecule has 0 fully saturated rings. The van der Waals surface area contributed by atoms with Crippen LogP contribution in [0.1, 0.15) is 39.2 Å². The quantitative estimate of drug-likeness (QED) is 0.856. The molecule has 0 atom stereocenters. The fourth-order valence-corrected chi connectivity index (χ4v) is 5.64. The number of carboxylic acids is 1. The van der Waals surface area contributed by atoms with E-state index in [9.17, 15) is 18.3 Å². The maximum atomic E-state index is 12.1. The second-order valence-corrected chi connectivity index (χ2v) is 8.43. The van der Waals surface area contributed by atoms with Crippen LogP contribution in [0.2, 0.25) is 0 Å². The van der Waals surface area contributed by atoms with Gasteiger partial charge in [0.05, 0.1) is 5.56 Å². The first-order valence-electron chi connectivity index (χ1n) is 7.56. The first-order chi connectivity index (χ1) is 11.5. The number of carboxylic acid groups (broad SMARTS) is 1. The van der Waals surface area contributed by atoms with Gasteiger partial charge >= 0.3 is 5.97 Å². The largest absolute Gasteiger partial charge is 0.478 e. The van der Waals surface area contributed by atoms with Crippen molar-refractivity contribution in [3.8, 4) is 0 Å². The van der Waals surface area contributed by atoms with Gasteiger partial charge in [-0.1, -0.05) is 12.1 Å². The number of fused-ring (bicyclic) bond motifs is 2. The zero-order valence-corrected chi connectivity index (χ0v) is 14.2. The summed E-state index contributed by atoms with van der Waals surface area (Å²) in [6.45, 7) is 0. The molecule has 1 aromatic carbocycles. The Hall–Kier alpha value is -2.19. The SMILES string of the molecule is O=C(O)c1c(NC2=NS(=O)(=O)c3ccccc32)sc2c1CCCC2. The maximum absolute atomic E-state index is 12.1. The molecule has 0 unspecified atom stereocenters. The van der Waals surface area contributed by atoms with E-state index in [1.807, 2.05) is 0 Å². The summed E-state index contributed by atoms with van der Waals surface area (Å²) in [6, 6.07) is 6.54. The van der Waals surface area contributed by atoms with Gasteiger partial charge < -0.3 is 10.4 Å². The van der Waals surface area contributed by atoms with Gasteiger partial charge in [-0.15, -0.1) is 15.7 Å². The zero-order chi connectivity index (χ0) is 16.9. The van der Waals surface area contributed by atoms with E-state index in [1.54, 1.807) is 18.2 Å². The Bertz CT molecular complexity index is 990. The molecule has 8 heteroatoms. The number of nitrogens with zero attached hydrogens (tertiary/aromatic N) is 1. The average molecular weight is 362 g/mol. The number of sulfonamides is 1. The summed E-state index contributed by atoms with van der Waals surface area (Å²) < 4.78 is 28.0. The minimum absolute atomic E-state index is 0.144. The normalized spacial score (nSPS) is 17.8. The first-order valence-corrected chi connectivity index (χ1v) is 9.82. The Labute approximate surface area is 142 Å². The number of aryl methyl sites for hydroxylation is 1. The molecular formula is C16H14N2O4S2. The van der Waals surface area contributed by atoms with Gasteiger partial charge in [-0.05, 0) is 43.4 Å². The molecule has 124 valence electrons. The van der Waals surface area contributed by atoms with Crippen molar-refractivity contribution < 1.29 is 18.3 Å². The van der Waals surface area contributed by atoms with Crippen LogP contribution in [0.4, 0.5) is 5.00 Å². The van der Waals surface area contributed by atoms with Crippen LogP contribution >= 0.6 is 11.3 Å². The van der Waals surface area contributed by atoms with Crippen molar-refractivity contribution in [1.29, 1.82) is 0 Å². The van der Waals surface area contributed by atoms with E-state index >= 15 is 0 Å². The van der Waals surface area contributed by atoms with Crippen LogP contribution in [0.3, 0.4) is 0 Å². The molecular weight excluding hydrogens is 348 g/mol. The molecule has 0 bridgehead atoms. The minimum atomic E-state index is -3.73. The summed E-state index contributed by atoms with van der Waals surface area (Å²) in [5.41, 5.74) is 1.59. The van der Waals surface area contributed by atoms with Crippen LogP contribution in [-0.2, 0) is 22.9 Å². The Balaban J connectivity index is 1.80. The topological polar surface area (TPSA) is 95.8 Å². The summed E-state index contributed by atoms with van der Waals surface area (Å²) in [6.07, 6.45) is 3.63. The van der Waals surface area contributed by atoms with Gasteiger partial charge in [0, 0.05) is 10.4 Å². The third kappa shape index (κ3) is 2.33. The smallest absolute Gasteiger partial charge is 0.339 e. The van der Waals surface area contributed by atoms with Crippen molar-refractivity contribution in [2.24, 2.45) is 4.40 Å². The number of amidine groups is 1. The van der Waals surface area contributed by atoms with Crippen LogP contribution in [0.15, 0.2) is 33.6 Å². The van der Waals surface area contributed by atoms with E-state index in [0.717, 1.165) is 36.1 Å². The van der Waals surface area contributed by atoms with E-state index in [4.69, 9.17) is 0 Å². The van der Waals surface area contributed by atoms with Crippen molar-refractivity contribution in [2.45, 2.75) is 30.6 Å². The van der Waals surface area contributed by atoms with Gasteiger partial charge in [0.2, 0.25) is 0 Å². The molecule has 0 saturated heterocycles. The molecule has 4 rings (SSSR count). The number of carbonyl (C=O) groups is 1. The first kappa shape index (κ1) is 15.3. The lowest BCUT2D eigenvalue weighted by atomic mass is 9.95. The predicted octanol–water partition coefficient (Wildman–Crippen LogP) is 2.89. The van der Waals surface area contributed by atoms with Crippen molar-refractivity contribution in [1.82, 2.24) is 0 Å². The number of hydrogen-bond donors (Lipinski definition) is 2. The van der Waals surface area contributed by atoms with Gasteiger partial charge in [0.25, 0.3) is 10.0 Å². The van der Waals surface area contributed by atoms with E-state index in [2.05, 4.69) is 9.71 Å². The summed E-state index contributed by atoms with van der Waals surface area (Å²) in [7, 11) is -3.73. The molecule has 0 spiro atoms. The highest BCUT2D eigenvalue weighted by molar-refractivity contribution is 7.90. The maximum Gasteiger partial charge on any atom is 0.339 e. The molecule has 2 aromatic rings. The summed E-state index contributed by atoms with van der Waals surface area (Å²) >= 11 is 1.38. The van der Waals surface area contributed by atoms with Gasteiger partial charge in [-0.25, -0.2) is 4.79 Å². The third-order valence-electron chi connectivity index (χ3n) is 4.25. The number of thiophene rings is 1. The number of nitrogens with one attached hydrogen (secondary N) is 1. The Morgan fingerprint density at radius 2 is 1.96 bits per heavy atom. The highest BCUT2D eigenvalue weighted by Gasteiger charge is 2.31. The zero-order valence-electron chi connectivity index (χ0n) is 12.6. The second-order valence-electron chi connectivity index (χ2n) is 5.76. The number of anilines is 1. The van der Waals surface area contributed by atoms with Gasteiger partial charge in [0.1, 0.15) is 9.90 Å². The van der Waals surface area contributed by atoms with Crippen LogP contribution < -0.4 is 5.32 Å². The highest BCUT2D eigenvalue weighted by Crippen LogP contribution is 2.39. The molecule has 0 saturated carbocycles. The summed E-state index contributed by atoms with van der Waals surface area (Å²) in [5.74, 6) is -0.807. The van der Waals surface area contributed by atoms with Gasteiger partial charge in [0.15, 0.2) is 5.84 Å². The van der Waals surface area contributed by atoms with Crippen LogP contribution in [0.5, 0.6) is 0 Å². The average Bonchev–Trinajstić information content (AvgIpc) is 3.03. The molecule has 1 aromatic heterocycles. The molecule has 24 heavy (non-hydrogen) atoms. The molecule has 1 aliphatic carbocycles. The van der Waals surface area contributed by atoms with E-state index in [-0.39, 0.29) is 16.3 Å². The monoisotopic (exact) mass is 362 g/mol.